The van der Waals surface area contributed by atoms with Crippen molar-refractivity contribution in [2.45, 2.75) is 44.1 Å². The number of ether oxygens (including phenoxy) is 3. The van der Waals surface area contributed by atoms with Crippen LogP contribution in [0.2, 0.25) is 0 Å². The average molecular weight is 203 g/mol. The molecule has 1 aliphatic heterocycles. The summed E-state index contributed by atoms with van der Waals surface area (Å²) in [4.78, 5) is 0. The van der Waals surface area contributed by atoms with Gasteiger partial charge in [0.1, 0.15) is 0 Å². The van der Waals surface area contributed by atoms with Crippen LogP contribution < -0.4 is 5.73 Å². The van der Waals surface area contributed by atoms with Gasteiger partial charge in [0.05, 0.1) is 12.1 Å². The van der Waals surface area contributed by atoms with Crippen molar-refractivity contribution in [1.82, 2.24) is 0 Å². The van der Waals surface area contributed by atoms with Gasteiger partial charge in [-0.2, -0.15) is 0 Å². The molecule has 0 aromatic heterocycles. The van der Waals surface area contributed by atoms with Crippen LogP contribution in [0.3, 0.4) is 0 Å². The second-order valence-electron chi connectivity index (χ2n) is 3.72. The summed E-state index contributed by atoms with van der Waals surface area (Å²) in [6, 6.07) is -0.0609. The van der Waals surface area contributed by atoms with Gasteiger partial charge in [-0.3, -0.25) is 0 Å². The third kappa shape index (κ3) is 3.53. The minimum Gasteiger partial charge on any atom is -0.378 e. The van der Waals surface area contributed by atoms with Gasteiger partial charge >= 0.3 is 0 Å². The fourth-order valence-electron chi connectivity index (χ4n) is 1.83. The largest absolute Gasteiger partial charge is 0.378 e. The normalized spacial score (nSPS) is 24.4. The fraction of sp³-hybridized carbons (Fsp3) is 1.00. The van der Waals surface area contributed by atoms with Crippen molar-refractivity contribution < 1.29 is 14.2 Å². The van der Waals surface area contributed by atoms with E-state index in [-0.39, 0.29) is 12.3 Å². The molecule has 0 bridgehead atoms. The second kappa shape index (κ2) is 6.35. The van der Waals surface area contributed by atoms with E-state index in [4.69, 9.17) is 19.9 Å². The van der Waals surface area contributed by atoms with E-state index in [9.17, 15) is 0 Å². The molecule has 1 aliphatic rings. The highest BCUT2D eigenvalue weighted by Gasteiger charge is 2.20. The molecule has 2 atom stereocenters. The smallest absolute Gasteiger partial charge is 0.171 e. The van der Waals surface area contributed by atoms with Crippen LogP contribution in [0, 0.1) is 0 Å². The molecule has 0 spiro atoms. The monoisotopic (exact) mass is 203 g/mol. The molecule has 1 rings (SSSR count). The lowest BCUT2D eigenvalue weighted by Gasteiger charge is -2.21. The van der Waals surface area contributed by atoms with Crippen molar-refractivity contribution in [2.24, 2.45) is 5.73 Å². The molecule has 2 unspecified atom stereocenters. The van der Waals surface area contributed by atoms with Crippen molar-refractivity contribution in [2.75, 3.05) is 20.8 Å². The summed E-state index contributed by atoms with van der Waals surface area (Å²) in [7, 11) is 3.22. The maximum Gasteiger partial charge on any atom is 0.171 e. The first-order chi connectivity index (χ1) is 6.77. The van der Waals surface area contributed by atoms with E-state index < -0.39 is 0 Å². The van der Waals surface area contributed by atoms with E-state index in [0.29, 0.717) is 6.10 Å². The Kier molecular flexibility index (Phi) is 5.40. The molecule has 14 heavy (non-hydrogen) atoms. The SMILES string of the molecule is COC(OC)C(N)CCC1CCCO1. The lowest BCUT2D eigenvalue weighted by atomic mass is 10.1. The lowest BCUT2D eigenvalue weighted by Crippen LogP contribution is -2.38. The molecule has 0 aromatic rings. The van der Waals surface area contributed by atoms with Crippen LogP contribution in [-0.4, -0.2) is 39.3 Å². The van der Waals surface area contributed by atoms with Crippen molar-refractivity contribution in [3.8, 4) is 0 Å². The lowest BCUT2D eigenvalue weighted by molar-refractivity contribution is -0.118. The molecule has 2 N–H and O–H groups in total. The van der Waals surface area contributed by atoms with E-state index in [1.165, 1.54) is 6.42 Å². The van der Waals surface area contributed by atoms with Gasteiger partial charge in [0, 0.05) is 20.8 Å². The first kappa shape index (κ1) is 11.9. The Morgan fingerprint density at radius 2 is 2.14 bits per heavy atom. The van der Waals surface area contributed by atoms with Gasteiger partial charge in [-0.1, -0.05) is 0 Å². The molecule has 84 valence electrons. The summed E-state index contributed by atoms with van der Waals surface area (Å²) >= 11 is 0. The molecule has 0 aliphatic carbocycles. The number of hydrogen-bond acceptors (Lipinski definition) is 4. The summed E-state index contributed by atoms with van der Waals surface area (Å²) < 4.78 is 15.7. The zero-order chi connectivity index (χ0) is 10.4. The molecule has 1 heterocycles. The van der Waals surface area contributed by atoms with Gasteiger partial charge in [0.25, 0.3) is 0 Å². The molecule has 1 saturated heterocycles. The minimum absolute atomic E-state index is 0.0609. The Hall–Kier alpha value is -0.160. The standard InChI is InChI=1S/C10H21NO3/c1-12-10(13-2)9(11)6-5-8-4-3-7-14-8/h8-10H,3-7,11H2,1-2H3. The van der Waals surface area contributed by atoms with E-state index in [1.807, 2.05) is 0 Å². The van der Waals surface area contributed by atoms with E-state index >= 15 is 0 Å². The molecule has 0 aromatic carbocycles. The van der Waals surface area contributed by atoms with Crippen LogP contribution in [0.5, 0.6) is 0 Å². The molecule has 0 radical (unpaired) electrons. The first-order valence-corrected chi connectivity index (χ1v) is 5.20. The number of methoxy groups -OCH3 is 2. The number of hydrogen-bond donors (Lipinski definition) is 1. The summed E-state index contributed by atoms with van der Waals surface area (Å²) in [5.41, 5.74) is 5.91. The van der Waals surface area contributed by atoms with Gasteiger partial charge in [-0.15, -0.1) is 0 Å². The fourth-order valence-corrected chi connectivity index (χ4v) is 1.83. The van der Waals surface area contributed by atoms with Gasteiger partial charge < -0.3 is 19.9 Å². The highest BCUT2D eigenvalue weighted by Crippen LogP contribution is 2.18. The van der Waals surface area contributed by atoms with Gasteiger partial charge in [-0.05, 0) is 25.7 Å². The topological polar surface area (TPSA) is 53.7 Å². The van der Waals surface area contributed by atoms with Crippen molar-refractivity contribution in [3.63, 3.8) is 0 Å². The summed E-state index contributed by atoms with van der Waals surface area (Å²) in [6.45, 7) is 0.901. The molecular weight excluding hydrogens is 182 g/mol. The van der Waals surface area contributed by atoms with Gasteiger partial charge in [0.15, 0.2) is 6.29 Å². The first-order valence-electron chi connectivity index (χ1n) is 5.20. The Balaban J connectivity index is 2.15. The van der Waals surface area contributed by atoms with Crippen LogP contribution in [0.15, 0.2) is 0 Å². The third-order valence-corrected chi connectivity index (χ3v) is 2.66. The Bertz CT molecular complexity index is 144. The Morgan fingerprint density at radius 3 is 2.64 bits per heavy atom. The Labute approximate surface area is 85.7 Å². The third-order valence-electron chi connectivity index (χ3n) is 2.66. The van der Waals surface area contributed by atoms with Crippen LogP contribution in [-0.2, 0) is 14.2 Å². The number of rotatable bonds is 6. The maximum atomic E-state index is 5.91. The van der Waals surface area contributed by atoms with E-state index in [2.05, 4.69) is 0 Å². The maximum absolute atomic E-state index is 5.91. The van der Waals surface area contributed by atoms with Gasteiger partial charge in [0.2, 0.25) is 0 Å². The zero-order valence-corrected chi connectivity index (χ0v) is 9.07. The Morgan fingerprint density at radius 1 is 1.43 bits per heavy atom. The minimum atomic E-state index is -0.295. The highest BCUT2D eigenvalue weighted by molar-refractivity contribution is 4.71. The second-order valence-corrected chi connectivity index (χ2v) is 3.72. The van der Waals surface area contributed by atoms with Crippen LogP contribution in [0.1, 0.15) is 25.7 Å². The van der Waals surface area contributed by atoms with E-state index in [0.717, 1.165) is 25.9 Å². The number of nitrogens with two attached hydrogens (primary N) is 1. The quantitative estimate of drug-likeness (QED) is 0.651. The average Bonchev–Trinajstić information content (AvgIpc) is 2.69. The highest BCUT2D eigenvalue weighted by atomic mass is 16.7. The van der Waals surface area contributed by atoms with Crippen LogP contribution in [0.4, 0.5) is 0 Å². The van der Waals surface area contributed by atoms with E-state index in [1.54, 1.807) is 14.2 Å². The molecule has 4 heteroatoms. The van der Waals surface area contributed by atoms with Gasteiger partial charge in [-0.25, -0.2) is 0 Å². The molecule has 0 amide bonds. The van der Waals surface area contributed by atoms with Crippen LogP contribution >= 0.6 is 0 Å². The predicted octanol–water partition coefficient (Wildman–Crippen LogP) is 0.892. The zero-order valence-electron chi connectivity index (χ0n) is 9.07. The molecule has 0 saturated carbocycles. The van der Waals surface area contributed by atoms with Crippen molar-refractivity contribution >= 4 is 0 Å². The van der Waals surface area contributed by atoms with Crippen molar-refractivity contribution in [3.05, 3.63) is 0 Å². The summed E-state index contributed by atoms with van der Waals surface area (Å²) in [5, 5.41) is 0. The summed E-state index contributed by atoms with van der Waals surface area (Å²) in [6.07, 6.45) is 4.34. The summed E-state index contributed by atoms with van der Waals surface area (Å²) in [5.74, 6) is 0. The predicted molar refractivity (Wildman–Crippen MR) is 54.0 cm³/mol. The van der Waals surface area contributed by atoms with Crippen LogP contribution in [0.25, 0.3) is 0 Å². The molecule has 1 fully saturated rings. The molecular formula is C10H21NO3. The van der Waals surface area contributed by atoms with Crippen molar-refractivity contribution in [1.29, 1.82) is 0 Å². The molecule has 4 nitrogen and oxygen atoms in total.